The number of halogens is 2. The first kappa shape index (κ1) is 35.0. The Balaban J connectivity index is 1.23. The van der Waals surface area contributed by atoms with Crippen LogP contribution in [0.2, 0.25) is 5.15 Å². The molecule has 54 heavy (non-hydrogen) atoms. The number of carboxylic acid groups (broad SMARTS) is 1. The average molecular weight is 796 g/mol. The molecule has 0 spiro atoms. The summed E-state index contributed by atoms with van der Waals surface area (Å²) in [6.07, 6.45) is 4.47. The summed E-state index contributed by atoms with van der Waals surface area (Å²) in [4.78, 5) is 18.2. The van der Waals surface area contributed by atoms with Crippen LogP contribution in [0.5, 0.6) is 0 Å². The lowest BCUT2D eigenvalue weighted by molar-refractivity contribution is 0.0685. The number of furan rings is 1. The van der Waals surface area contributed by atoms with Crippen LogP contribution in [0.4, 0.5) is 0 Å². The lowest BCUT2D eigenvalue weighted by Crippen LogP contribution is -2.39. The molecule has 1 N–H and O–H groups in total. The molecule has 0 aliphatic carbocycles. The van der Waals surface area contributed by atoms with E-state index in [0.717, 1.165) is 49.7 Å². The van der Waals surface area contributed by atoms with Crippen LogP contribution in [0.3, 0.4) is 0 Å². The third kappa shape index (κ3) is 6.13. The number of benzene rings is 5. The fraction of sp³-hybridized carbons (Fsp3) is 0.0930. The van der Waals surface area contributed by atoms with Crippen molar-refractivity contribution in [3.8, 4) is 22.7 Å². The molecule has 8 aromatic rings. The second kappa shape index (κ2) is 14.7. The van der Waals surface area contributed by atoms with E-state index in [1.54, 1.807) is 15.4 Å². The largest absolute Gasteiger partial charge is 0.476 e. The number of hydrogen-bond acceptors (Lipinski definition) is 6. The van der Waals surface area contributed by atoms with Crippen molar-refractivity contribution in [1.82, 2.24) is 29.8 Å². The number of hydrogen-bond donors (Lipinski definition) is 1. The van der Waals surface area contributed by atoms with Gasteiger partial charge in [-0.3, -0.25) is 0 Å². The Kier molecular flexibility index (Phi) is 9.54. The number of rotatable bonds is 11. The van der Waals surface area contributed by atoms with Crippen molar-refractivity contribution in [1.29, 1.82) is 0 Å². The van der Waals surface area contributed by atoms with Crippen molar-refractivity contribution in [2.75, 3.05) is 0 Å². The fourth-order valence-corrected chi connectivity index (χ4v) is 7.82. The topological polar surface area (TPSA) is 112 Å². The van der Waals surface area contributed by atoms with Crippen molar-refractivity contribution >= 4 is 50.5 Å². The standard InChI is InChI=1S/C43H32BrClN6O3/c1-2-3-23-36-46-40(45)38(42(52)53)50(36)27-28-24-25-35-34(26-28)37(44)39(54-35)32-21-13-14-22-33(32)41-47-49-51(48-41)43(29-15-7-4-8-16-29,30-17-9-5-10-18-30)31-19-11-6-12-20-31/h3-26H,2,27H2,1H3,(H,52,53)/b23-3-. The fourth-order valence-electron chi connectivity index (χ4n) is 6.95. The Morgan fingerprint density at radius 3 is 2.04 bits per heavy atom. The van der Waals surface area contributed by atoms with Gasteiger partial charge in [0.15, 0.2) is 16.4 Å². The van der Waals surface area contributed by atoms with Gasteiger partial charge in [0.1, 0.15) is 17.2 Å². The van der Waals surface area contributed by atoms with Crippen LogP contribution in [-0.4, -0.2) is 40.8 Å². The van der Waals surface area contributed by atoms with Gasteiger partial charge in [-0.1, -0.05) is 146 Å². The predicted molar refractivity (Wildman–Crippen MR) is 213 cm³/mol. The first-order valence-corrected chi connectivity index (χ1v) is 18.5. The van der Waals surface area contributed by atoms with E-state index in [-0.39, 0.29) is 17.4 Å². The van der Waals surface area contributed by atoms with Gasteiger partial charge in [-0.2, -0.15) is 0 Å². The second-order valence-corrected chi connectivity index (χ2v) is 13.8. The molecule has 8 rings (SSSR count). The van der Waals surface area contributed by atoms with Crippen LogP contribution in [0, 0.1) is 0 Å². The first-order valence-electron chi connectivity index (χ1n) is 17.3. The van der Waals surface area contributed by atoms with E-state index in [0.29, 0.717) is 23.0 Å². The number of aromatic carboxylic acids is 1. The Morgan fingerprint density at radius 1 is 0.852 bits per heavy atom. The Morgan fingerprint density at radius 2 is 1.44 bits per heavy atom. The van der Waals surface area contributed by atoms with E-state index in [9.17, 15) is 9.90 Å². The number of carboxylic acids is 1. The van der Waals surface area contributed by atoms with E-state index < -0.39 is 11.5 Å². The summed E-state index contributed by atoms with van der Waals surface area (Å²) in [7, 11) is 0. The highest BCUT2D eigenvalue weighted by atomic mass is 79.9. The highest BCUT2D eigenvalue weighted by Crippen LogP contribution is 2.43. The molecule has 266 valence electrons. The summed E-state index contributed by atoms with van der Waals surface area (Å²) in [6, 6.07) is 44.2. The molecule has 3 aromatic heterocycles. The van der Waals surface area contributed by atoms with Crippen LogP contribution in [-0.2, 0) is 12.1 Å². The number of carbonyl (C=O) groups is 1. The zero-order chi connectivity index (χ0) is 37.2. The molecular formula is C43H32BrClN6O3. The summed E-state index contributed by atoms with van der Waals surface area (Å²) in [6.45, 7) is 2.23. The van der Waals surface area contributed by atoms with Gasteiger partial charge in [0, 0.05) is 23.1 Å². The molecule has 5 aromatic carbocycles. The molecule has 0 unspecified atom stereocenters. The maximum Gasteiger partial charge on any atom is 0.355 e. The Labute approximate surface area is 324 Å². The lowest BCUT2D eigenvalue weighted by atomic mass is 9.77. The normalized spacial score (nSPS) is 11.8. The van der Waals surface area contributed by atoms with Gasteiger partial charge in [-0.05, 0) is 68.0 Å². The molecule has 0 aliphatic rings. The van der Waals surface area contributed by atoms with Gasteiger partial charge >= 0.3 is 5.97 Å². The van der Waals surface area contributed by atoms with Crippen LogP contribution in [0.1, 0.15) is 51.9 Å². The molecule has 0 bridgehead atoms. The third-order valence-electron chi connectivity index (χ3n) is 9.39. The zero-order valence-corrected chi connectivity index (χ0v) is 31.3. The predicted octanol–water partition coefficient (Wildman–Crippen LogP) is 10.4. The van der Waals surface area contributed by atoms with Crippen molar-refractivity contribution in [2.24, 2.45) is 0 Å². The average Bonchev–Trinajstić information content (AvgIpc) is 3.91. The minimum atomic E-state index is -1.15. The van der Waals surface area contributed by atoms with Crippen LogP contribution >= 0.6 is 27.5 Å². The molecule has 3 heterocycles. The number of tetrazole rings is 1. The number of imidazole rings is 1. The van der Waals surface area contributed by atoms with Crippen LogP contribution in [0.25, 0.3) is 39.8 Å². The van der Waals surface area contributed by atoms with E-state index >= 15 is 0 Å². The van der Waals surface area contributed by atoms with Gasteiger partial charge in [-0.25, -0.2) is 9.78 Å². The maximum absolute atomic E-state index is 12.2. The van der Waals surface area contributed by atoms with Crippen LogP contribution < -0.4 is 0 Å². The molecule has 0 fully saturated rings. The number of fused-ring (bicyclic) bond motifs is 1. The SMILES string of the molecule is CC/C=C\c1nc(Cl)c(C(=O)O)n1Cc1ccc2oc(-c3ccccc3-c3nnn(C(c4ccccc4)(c4ccccc4)c4ccccc4)n3)c(Br)c2c1. The Bertz CT molecular complexity index is 2540. The van der Waals surface area contributed by atoms with E-state index in [4.69, 9.17) is 26.3 Å². The van der Waals surface area contributed by atoms with Gasteiger partial charge in [0.05, 0.1) is 4.47 Å². The second-order valence-electron chi connectivity index (χ2n) is 12.6. The molecule has 0 saturated heterocycles. The summed E-state index contributed by atoms with van der Waals surface area (Å²) in [5.74, 6) is 0.346. The van der Waals surface area contributed by atoms with Gasteiger partial charge in [0.2, 0.25) is 5.82 Å². The van der Waals surface area contributed by atoms with Gasteiger partial charge < -0.3 is 14.1 Å². The summed E-state index contributed by atoms with van der Waals surface area (Å²) in [5.41, 5.74) is 4.96. The molecule has 0 atom stereocenters. The molecule has 0 saturated carbocycles. The molecule has 9 nitrogen and oxygen atoms in total. The minimum Gasteiger partial charge on any atom is -0.476 e. The molecular weight excluding hydrogens is 764 g/mol. The monoisotopic (exact) mass is 794 g/mol. The summed E-state index contributed by atoms with van der Waals surface area (Å²) < 4.78 is 8.85. The van der Waals surface area contributed by atoms with E-state index in [1.807, 2.05) is 110 Å². The number of allylic oxidation sites excluding steroid dienone is 1. The zero-order valence-electron chi connectivity index (χ0n) is 29.0. The summed E-state index contributed by atoms with van der Waals surface area (Å²) in [5, 5.41) is 25.3. The van der Waals surface area contributed by atoms with Gasteiger partial charge in [-0.15, -0.1) is 15.0 Å². The lowest BCUT2D eigenvalue weighted by Gasteiger charge is -2.34. The van der Waals surface area contributed by atoms with Crippen molar-refractivity contribution in [2.45, 2.75) is 25.4 Å². The minimum absolute atomic E-state index is 0.0539. The first-order chi connectivity index (χ1) is 26.4. The molecule has 0 radical (unpaired) electrons. The number of nitrogens with zero attached hydrogens (tertiary/aromatic N) is 6. The Hall–Kier alpha value is -6.10. The molecule has 0 amide bonds. The molecule has 0 aliphatic heterocycles. The van der Waals surface area contributed by atoms with Crippen LogP contribution in [0.15, 0.2) is 148 Å². The van der Waals surface area contributed by atoms with Crippen molar-refractivity contribution < 1.29 is 14.3 Å². The maximum atomic E-state index is 12.2. The highest BCUT2D eigenvalue weighted by molar-refractivity contribution is 9.10. The quantitative estimate of drug-likeness (QED) is 0.130. The van der Waals surface area contributed by atoms with Crippen molar-refractivity contribution in [3.63, 3.8) is 0 Å². The third-order valence-corrected chi connectivity index (χ3v) is 10.4. The van der Waals surface area contributed by atoms with Gasteiger partial charge in [0.25, 0.3) is 0 Å². The van der Waals surface area contributed by atoms with E-state index in [2.05, 4.69) is 62.4 Å². The van der Waals surface area contributed by atoms with E-state index in [1.165, 1.54) is 0 Å². The number of aromatic nitrogens is 6. The smallest absolute Gasteiger partial charge is 0.355 e. The summed E-state index contributed by atoms with van der Waals surface area (Å²) >= 11 is 10.1. The highest BCUT2D eigenvalue weighted by Gasteiger charge is 2.41. The molecule has 11 heteroatoms. The van der Waals surface area contributed by atoms with Crippen molar-refractivity contribution in [3.05, 3.63) is 183 Å².